The third-order valence-corrected chi connectivity index (χ3v) is 2.75. The van der Waals surface area contributed by atoms with Gasteiger partial charge in [-0.05, 0) is 5.56 Å². The summed E-state index contributed by atoms with van der Waals surface area (Å²) in [6.07, 6.45) is 5.99. The zero-order valence-corrected chi connectivity index (χ0v) is 11.0. The Balaban J connectivity index is 2.42. The fourth-order valence-corrected chi connectivity index (χ4v) is 1.76. The van der Waals surface area contributed by atoms with E-state index in [1.165, 1.54) is 18.6 Å². The van der Waals surface area contributed by atoms with E-state index in [-0.39, 0.29) is 17.9 Å². The number of nitriles is 1. The molecule has 0 aliphatic heterocycles. The van der Waals surface area contributed by atoms with Crippen LogP contribution in [0, 0.1) is 17.9 Å². The third-order valence-electron chi connectivity index (χ3n) is 2.75. The van der Waals surface area contributed by atoms with Crippen LogP contribution < -0.4 is 0 Å². The normalized spacial score (nSPS) is 10.5. The summed E-state index contributed by atoms with van der Waals surface area (Å²) in [5.41, 5.74) is 1.74. The Morgan fingerprint density at radius 2 is 2.10 bits per heavy atom. The van der Waals surface area contributed by atoms with Crippen molar-refractivity contribution < 1.29 is 4.79 Å². The maximum Gasteiger partial charge on any atom is 0.213 e. The van der Waals surface area contributed by atoms with Crippen LogP contribution in [-0.2, 0) is 0 Å². The molecule has 5 nitrogen and oxygen atoms in total. The molecule has 2 aromatic rings. The number of nitrogens with zero attached hydrogens (tertiary/aromatic N) is 4. The van der Waals surface area contributed by atoms with Gasteiger partial charge in [-0.1, -0.05) is 30.3 Å². The summed E-state index contributed by atoms with van der Waals surface area (Å²) in [7, 11) is 0. The first kappa shape index (κ1) is 14.1. The molecule has 0 aliphatic carbocycles. The van der Waals surface area contributed by atoms with Crippen molar-refractivity contribution >= 4 is 17.0 Å². The fourth-order valence-electron chi connectivity index (χ4n) is 1.76. The summed E-state index contributed by atoms with van der Waals surface area (Å²) in [6.45, 7) is 6.93. The highest BCUT2D eigenvalue weighted by molar-refractivity contribution is 6.28. The Bertz CT molecular complexity index is 750. The second-order valence-electron chi connectivity index (χ2n) is 4.06. The fraction of sp³-hybridized carbons (Fsp3) is 0.0625. The van der Waals surface area contributed by atoms with E-state index >= 15 is 0 Å². The van der Waals surface area contributed by atoms with Crippen LogP contribution in [0.1, 0.15) is 22.5 Å². The maximum absolute atomic E-state index is 12.5. The second kappa shape index (κ2) is 6.74. The Morgan fingerprint density at radius 3 is 2.67 bits per heavy atom. The van der Waals surface area contributed by atoms with Gasteiger partial charge in [0.2, 0.25) is 5.78 Å². The Hall–Kier alpha value is -3.31. The van der Waals surface area contributed by atoms with Gasteiger partial charge < -0.3 is 0 Å². The highest BCUT2D eigenvalue weighted by Gasteiger charge is 2.15. The molecule has 0 fully saturated rings. The molecule has 21 heavy (non-hydrogen) atoms. The number of benzene rings is 1. The van der Waals surface area contributed by atoms with E-state index in [1.54, 1.807) is 30.3 Å². The summed E-state index contributed by atoms with van der Waals surface area (Å²) in [4.78, 5) is 23.6. The molecule has 100 valence electrons. The van der Waals surface area contributed by atoms with Crippen LogP contribution in [0.5, 0.6) is 0 Å². The zero-order chi connectivity index (χ0) is 15.1. The minimum Gasteiger partial charge on any atom is -0.287 e. The number of carbonyl (C=O) groups is 1. The second-order valence-corrected chi connectivity index (χ2v) is 4.06. The zero-order valence-electron chi connectivity index (χ0n) is 11.0. The summed E-state index contributed by atoms with van der Waals surface area (Å²) in [6, 6.07) is 8.62. The van der Waals surface area contributed by atoms with Crippen molar-refractivity contribution in [3.05, 3.63) is 71.6 Å². The van der Waals surface area contributed by atoms with Crippen LogP contribution >= 0.6 is 0 Å². The lowest BCUT2D eigenvalue weighted by molar-refractivity contribution is 0.105. The van der Waals surface area contributed by atoms with Gasteiger partial charge in [-0.3, -0.25) is 9.78 Å². The average molecular weight is 274 g/mol. The lowest BCUT2D eigenvalue weighted by atomic mass is 9.98. The maximum atomic E-state index is 12.5. The van der Waals surface area contributed by atoms with Crippen LogP contribution in [0.25, 0.3) is 10.4 Å². The lowest BCUT2D eigenvalue weighted by Gasteiger charge is -2.06. The van der Waals surface area contributed by atoms with Gasteiger partial charge in [-0.2, -0.15) is 5.26 Å². The molecule has 0 aliphatic rings. The highest BCUT2D eigenvalue weighted by Crippen LogP contribution is 2.22. The summed E-state index contributed by atoms with van der Waals surface area (Å²) in [5, 5.41) is 8.72. The van der Waals surface area contributed by atoms with Crippen molar-refractivity contribution in [2.45, 2.75) is 6.42 Å². The van der Waals surface area contributed by atoms with Gasteiger partial charge in [-0.15, -0.1) is 0 Å². The molecule has 0 saturated heterocycles. The molecule has 0 unspecified atom stereocenters. The number of rotatable bonds is 4. The molecule has 0 bridgehead atoms. The number of aromatic nitrogens is 2. The van der Waals surface area contributed by atoms with Gasteiger partial charge in [0, 0.05) is 18.0 Å². The molecule has 0 spiro atoms. The molecule has 0 saturated carbocycles. The number of carbonyl (C=O) groups excluding carboxylic acids is 1. The summed E-state index contributed by atoms with van der Waals surface area (Å²) < 4.78 is 0. The minimum absolute atomic E-state index is 0.117. The SMILES string of the molecule is [C-]#[N+]c1ccc(C(=CCC#N)C(=O)c2cnccn2)cc1. The number of hydrogen-bond donors (Lipinski definition) is 0. The van der Waals surface area contributed by atoms with E-state index in [1.807, 2.05) is 6.07 Å². The smallest absolute Gasteiger partial charge is 0.213 e. The minimum atomic E-state index is -0.297. The van der Waals surface area contributed by atoms with Crippen molar-refractivity contribution in [2.75, 3.05) is 0 Å². The average Bonchev–Trinajstić information content (AvgIpc) is 2.56. The van der Waals surface area contributed by atoms with Gasteiger partial charge in [0.1, 0.15) is 5.69 Å². The van der Waals surface area contributed by atoms with Gasteiger partial charge >= 0.3 is 0 Å². The standard InChI is InChI=1S/C16H10N4O/c1-18-13-6-4-12(5-7-13)14(3-2-8-17)16(21)15-11-19-9-10-20-15/h3-7,9-11H,2H2. The summed E-state index contributed by atoms with van der Waals surface area (Å²) in [5.74, 6) is -0.297. The van der Waals surface area contributed by atoms with Crippen molar-refractivity contribution in [1.29, 1.82) is 5.26 Å². The van der Waals surface area contributed by atoms with Gasteiger partial charge in [0.25, 0.3) is 0 Å². The van der Waals surface area contributed by atoms with Crippen molar-refractivity contribution in [2.24, 2.45) is 0 Å². The quantitative estimate of drug-likeness (QED) is 0.487. The van der Waals surface area contributed by atoms with E-state index < -0.39 is 0 Å². The third kappa shape index (κ3) is 3.37. The molecule has 0 N–H and O–H groups in total. The first-order valence-corrected chi connectivity index (χ1v) is 6.12. The number of allylic oxidation sites excluding steroid dienone is 2. The molecule has 0 amide bonds. The molecular weight excluding hydrogens is 264 g/mol. The molecule has 1 heterocycles. The molecule has 1 aromatic carbocycles. The Kier molecular flexibility index (Phi) is 4.53. The van der Waals surface area contributed by atoms with Gasteiger partial charge in [-0.25, -0.2) is 9.83 Å². The van der Waals surface area contributed by atoms with Crippen LogP contribution in [0.2, 0.25) is 0 Å². The molecule has 2 rings (SSSR count). The predicted octanol–water partition coefficient (Wildman–Crippen LogP) is 3.21. The number of ketones is 1. The van der Waals surface area contributed by atoms with E-state index in [0.717, 1.165) is 0 Å². The molecule has 0 radical (unpaired) electrons. The van der Waals surface area contributed by atoms with Crippen molar-refractivity contribution in [3.63, 3.8) is 0 Å². The highest BCUT2D eigenvalue weighted by atomic mass is 16.1. The van der Waals surface area contributed by atoms with Crippen molar-refractivity contribution in [1.82, 2.24) is 9.97 Å². The first-order valence-electron chi connectivity index (χ1n) is 6.12. The Morgan fingerprint density at radius 1 is 1.33 bits per heavy atom. The molecule has 1 aromatic heterocycles. The van der Waals surface area contributed by atoms with Crippen LogP contribution in [-0.4, -0.2) is 15.8 Å². The van der Waals surface area contributed by atoms with Crippen molar-refractivity contribution in [3.8, 4) is 6.07 Å². The number of hydrogen-bond acceptors (Lipinski definition) is 4. The number of Topliss-reactive ketones (excluding diaryl/α,β-unsaturated/α-hetero) is 1. The predicted molar refractivity (Wildman–Crippen MR) is 77.3 cm³/mol. The van der Waals surface area contributed by atoms with E-state index in [0.29, 0.717) is 16.8 Å². The summed E-state index contributed by atoms with van der Waals surface area (Å²) >= 11 is 0. The molecular formula is C16H10N4O. The van der Waals surface area contributed by atoms with Gasteiger partial charge in [0.15, 0.2) is 5.69 Å². The molecule has 0 atom stereocenters. The van der Waals surface area contributed by atoms with Crippen LogP contribution in [0.3, 0.4) is 0 Å². The topological polar surface area (TPSA) is 71.0 Å². The monoisotopic (exact) mass is 274 g/mol. The lowest BCUT2D eigenvalue weighted by Crippen LogP contribution is -2.05. The largest absolute Gasteiger partial charge is 0.287 e. The van der Waals surface area contributed by atoms with E-state index in [2.05, 4.69) is 14.8 Å². The van der Waals surface area contributed by atoms with Crippen LogP contribution in [0.15, 0.2) is 48.9 Å². The Labute approximate surface area is 122 Å². The molecule has 5 heteroatoms. The van der Waals surface area contributed by atoms with Gasteiger partial charge in [0.05, 0.1) is 25.3 Å². The first-order chi connectivity index (χ1) is 10.3. The van der Waals surface area contributed by atoms with E-state index in [4.69, 9.17) is 11.8 Å². The van der Waals surface area contributed by atoms with E-state index in [9.17, 15) is 4.79 Å². The van der Waals surface area contributed by atoms with Crippen LogP contribution in [0.4, 0.5) is 5.69 Å².